The van der Waals surface area contributed by atoms with Gasteiger partial charge in [0.1, 0.15) is 0 Å². The van der Waals surface area contributed by atoms with Crippen molar-refractivity contribution < 1.29 is 0 Å². The van der Waals surface area contributed by atoms with E-state index in [1.807, 2.05) is 12.4 Å². The van der Waals surface area contributed by atoms with E-state index in [9.17, 15) is 0 Å². The highest BCUT2D eigenvalue weighted by Crippen LogP contribution is 2.24. The Morgan fingerprint density at radius 2 is 2.38 bits per heavy atom. The summed E-state index contributed by atoms with van der Waals surface area (Å²) < 4.78 is 1.05. The molecule has 2 nitrogen and oxygen atoms in total. The first-order chi connectivity index (χ1) is 7.84. The van der Waals surface area contributed by atoms with E-state index in [0.717, 1.165) is 22.8 Å². The number of halogens is 1. The number of rotatable bonds is 4. The molecule has 1 fully saturated rings. The van der Waals surface area contributed by atoms with Crippen molar-refractivity contribution in [1.29, 1.82) is 0 Å². The fraction of sp³-hybridized carbons (Fsp3) is 0.583. The first-order valence-corrected chi connectivity index (χ1v) is 7.60. The molecule has 4 heteroatoms. The minimum absolute atomic E-state index is 0.814. The average Bonchev–Trinajstić information content (AvgIpc) is 2.30. The van der Waals surface area contributed by atoms with Gasteiger partial charge in [0.25, 0.3) is 0 Å². The van der Waals surface area contributed by atoms with Gasteiger partial charge in [-0.25, -0.2) is 0 Å². The van der Waals surface area contributed by atoms with E-state index in [-0.39, 0.29) is 0 Å². The van der Waals surface area contributed by atoms with Gasteiger partial charge >= 0.3 is 0 Å². The van der Waals surface area contributed by atoms with Crippen LogP contribution in [-0.2, 0) is 6.54 Å². The number of nitrogens with one attached hydrogen (secondary N) is 1. The lowest BCUT2D eigenvalue weighted by atomic mass is 10.2. The molecule has 2 heterocycles. The number of nitrogens with zero attached hydrogens (tertiary/aromatic N) is 1. The second kappa shape index (κ2) is 6.62. The molecule has 1 atom stereocenters. The molecule has 1 aliphatic heterocycles. The maximum atomic E-state index is 4.16. The SMILES string of the molecule is Brc1cncc(CNCC2CCCCS2)c1. The molecular formula is C12H17BrN2S. The second-order valence-electron chi connectivity index (χ2n) is 4.13. The lowest BCUT2D eigenvalue weighted by Gasteiger charge is -2.21. The molecule has 1 aromatic rings. The highest BCUT2D eigenvalue weighted by atomic mass is 79.9. The zero-order valence-electron chi connectivity index (χ0n) is 9.29. The van der Waals surface area contributed by atoms with E-state index in [1.54, 1.807) is 0 Å². The van der Waals surface area contributed by atoms with Gasteiger partial charge in [-0.05, 0) is 46.2 Å². The molecule has 2 rings (SSSR count). The van der Waals surface area contributed by atoms with Gasteiger partial charge in [0, 0.05) is 35.2 Å². The molecule has 1 saturated heterocycles. The van der Waals surface area contributed by atoms with E-state index < -0.39 is 0 Å². The Morgan fingerprint density at radius 3 is 3.12 bits per heavy atom. The van der Waals surface area contributed by atoms with Gasteiger partial charge in [0.05, 0.1) is 0 Å². The Balaban J connectivity index is 1.71. The minimum Gasteiger partial charge on any atom is -0.312 e. The van der Waals surface area contributed by atoms with Crippen molar-refractivity contribution in [2.45, 2.75) is 31.1 Å². The molecule has 16 heavy (non-hydrogen) atoms. The molecule has 0 bridgehead atoms. The van der Waals surface area contributed by atoms with Crippen LogP contribution in [0.5, 0.6) is 0 Å². The third kappa shape index (κ3) is 4.07. The number of pyridine rings is 1. The normalized spacial score (nSPS) is 20.9. The van der Waals surface area contributed by atoms with Crippen LogP contribution in [0.1, 0.15) is 24.8 Å². The summed E-state index contributed by atoms with van der Waals surface area (Å²) in [5.41, 5.74) is 1.25. The molecule has 88 valence electrons. The minimum atomic E-state index is 0.814. The molecule has 1 N–H and O–H groups in total. The highest BCUT2D eigenvalue weighted by molar-refractivity contribution is 9.10. The lowest BCUT2D eigenvalue weighted by Crippen LogP contribution is -2.26. The zero-order valence-corrected chi connectivity index (χ0v) is 11.7. The third-order valence-electron chi connectivity index (χ3n) is 2.74. The summed E-state index contributed by atoms with van der Waals surface area (Å²) in [6.45, 7) is 2.04. The predicted octanol–water partition coefficient (Wildman–Crippen LogP) is 3.22. The maximum absolute atomic E-state index is 4.16. The molecule has 0 spiro atoms. The Bertz CT molecular complexity index is 327. The van der Waals surface area contributed by atoms with Crippen LogP contribution in [0, 0.1) is 0 Å². The van der Waals surface area contributed by atoms with Crippen LogP contribution in [0.2, 0.25) is 0 Å². The van der Waals surface area contributed by atoms with E-state index in [1.165, 1.54) is 30.6 Å². The summed E-state index contributed by atoms with van der Waals surface area (Å²) in [5.74, 6) is 1.34. The van der Waals surface area contributed by atoms with Gasteiger partial charge in [-0.15, -0.1) is 0 Å². The predicted molar refractivity (Wildman–Crippen MR) is 73.7 cm³/mol. The highest BCUT2D eigenvalue weighted by Gasteiger charge is 2.12. The van der Waals surface area contributed by atoms with Crippen molar-refractivity contribution in [2.24, 2.45) is 0 Å². The Kier molecular flexibility index (Phi) is 5.13. The first-order valence-electron chi connectivity index (χ1n) is 5.76. The fourth-order valence-corrected chi connectivity index (χ4v) is 3.58. The Morgan fingerprint density at radius 1 is 1.44 bits per heavy atom. The van der Waals surface area contributed by atoms with E-state index in [2.05, 4.69) is 44.1 Å². The lowest BCUT2D eigenvalue weighted by molar-refractivity contribution is 0.597. The van der Waals surface area contributed by atoms with Crippen LogP contribution in [0.4, 0.5) is 0 Å². The molecular weight excluding hydrogens is 284 g/mol. The van der Waals surface area contributed by atoms with Gasteiger partial charge < -0.3 is 5.32 Å². The quantitative estimate of drug-likeness (QED) is 0.924. The number of thioether (sulfide) groups is 1. The Hall–Kier alpha value is -0.0600. The standard InChI is InChI=1S/C12H17BrN2S/c13-11-5-10(6-14-8-11)7-15-9-12-3-1-2-4-16-12/h5-6,8,12,15H,1-4,7,9H2. The van der Waals surface area contributed by atoms with Crippen LogP contribution in [-0.4, -0.2) is 22.5 Å². The van der Waals surface area contributed by atoms with Crippen LogP contribution in [0.25, 0.3) is 0 Å². The van der Waals surface area contributed by atoms with Crippen LogP contribution in [0.15, 0.2) is 22.9 Å². The third-order valence-corrected chi connectivity index (χ3v) is 4.57. The van der Waals surface area contributed by atoms with Gasteiger partial charge in [0.15, 0.2) is 0 Å². The van der Waals surface area contributed by atoms with E-state index in [0.29, 0.717) is 0 Å². The maximum Gasteiger partial charge on any atom is 0.0410 e. The number of hydrogen-bond acceptors (Lipinski definition) is 3. The summed E-state index contributed by atoms with van der Waals surface area (Å²) in [4.78, 5) is 4.16. The summed E-state index contributed by atoms with van der Waals surface area (Å²) in [6.07, 6.45) is 7.91. The van der Waals surface area contributed by atoms with E-state index >= 15 is 0 Å². The van der Waals surface area contributed by atoms with E-state index in [4.69, 9.17) is 0 Å². The van der Waals surface area contributed by atoms with Crippen LogP contribution >= 0.6 is 27.7 Å². The average molecular weight is 301 g/mol. The first kappa shape index (κ1) is 12.4. The molecule has 1 aliphatic rings. The van der Waals surface area contributed by atoms with Gasteiger partial charge in [-0.3, -0.25) is 4.98 Å². The molecule has 0 saturated carbocycles. The zero-order chi connectivity index (χ0) is 11.2. The summed E-state index contributed by atoms with van der Waals surface area (Å²) in [7, 11) is 0. The molecule has 0 amide bonds. The second-order valence-corrected chi connectivity index (χ2v) is 6.45. The van der Waals surface area contributed by atoms with Gasteiger partial charge in [-0.1, -0.05) is 6.42 Å². The fourth-order valence-electron chi connectivity index (χ4n) is 1.90. The van der Waals surface area contributed by atoms with Crippen molar-refractivity contribution in [3.8, 4) is 0 Å². The number of aromatic nitrogens is 1. The molecule has 0 aromatic carbocycles. The van der Waals surface area contributed by atoms with Crippen molar-refractivity contribution in [3.63, 3.8) is 0 Å². The van der Waals surface area contributed by atoms with Crippen molar-refractivity contribution in [2.75, 3.05) is 12.3 Å². The van der Waals surface area contributed by atoms with Crippen molar-refractivity contribution >= 4 is 27.7 Å². The summed E-state index contributed by atoms with van der Waals surface area (Å²) >= 11 is 5.55. The van der Waals surface area contributed by atoms with Gasteiger partial charge in [-0.2, -0.15) is 11.8 Å². The van der Waals surface area contributed by atoms with Crippen LogP contribution in [0.3, 0.4) is 0 Å². The molecule has 0 radical (unpaired) electrons. The largest absolute Gasteiger partial charge is 0.312 e. The topological polar surface area (TPSA) is 24.9 Å². The molecule has 1 unspecified atom stereocenters. The summed E-state index contributed by atoms with van der Waals surface area (Å²) in [6, 6.07) is 2.12. The Labute approximate surface area is 110 Å². The smallest absolute Gasteiger partial charge is 0.0410 e. The van der Waals surface area contributed by atoms with Crippen molar-refractivity contribution in [3.05, 3.63) is 28.5 Å². The monoisotopic (exact) mass is 300 g/mol. The van der Waals surface area contributed by atoms with Crippen molar-refractivity contribution in [1.82, 2.24) is 10.3 Å². The van der Waals surface area contributed by atoms with Gasteiger partial charge in [0.2, 0.25) is 0 Å². The van der Waals surface area contributed by atoms with Crippen LogP contribution < -0.4 is 5.32 Å². The molecule has 1 aromatic heterocycles. The summed E-state index contributed by atoms with van der Waals surface area (Å²) in [5, 5.41) is 4.33. The number of hydrogen-bond donors (Lipinski definition) is 1. The molecule has 0 aliphatic carbocycles.